The number of morpholine rings is 1. The lowest BCUT2D eigenvalue weighted by Crippen LogP contribution is -2.37. The van der Waals surface area contributed by atoms with Gasteiger partial charge in [0.05, 0.1) is 12.7 Å². The van der Waals surface area contributed by atoms with Crippen molar-refractivity contribution in [2.24, 2.45) is 0 Å². The molecule has 5 nitrogen and oxygen atoms in total. The fraction of sp³-hybridized carbons (Fsp3) is 0.643. The minimum absolute atomic E-state index is 0.0193. The van der Waals surface area contributed by atoms with Gasteiger partial charge in [0, 0.05) is 36.6 Å². The molecule has 2 fully saturated rings. The summed E-state index contributed by atoms with van der Waals surface area (Å²) in [4.78, 5) is 4.21. The molecule has 1 unspecified atom stereocenters. The number of rotatable bonds is 3. The number of hydrogen-bond donors (Lipinski definition) is 3. The van der Waals surface area contributed by atoms with Gasteiger partial charge >= 0.3 is 0 Å². The van der Waals surface area contributed by atoms with Crippen molar-refractivity contribution in [3.63, 3.8) is 0 Å². The molecule has 3 rings (SSSR count). The van der Waals surface area contributed by atoms with E-state index in [1.165, 1.54) is 0 Å². The van der Waals surface area contributed by atoms with Gasteiger partial charge in [-0.15, -0.1) is 0 Å². The first-order valence-corrected chi connectivity index (χ1v) is 7.66. The molecule has 0 bridgehead atoms. The van der Waals surface area contributed by atoms with E-state index in [4.69, 9.17) is 16.3 Å². The molecule has 6 heteroatoms. The lowest BCUT2D eigenvalue weighted by molar-refractivity contribution is 0.0279. The molecule has 2 saturated heterocycles. The quantitative estimate of drug-likeness (QED) is 0.739. The van der Waals surface area contributed by atoms with E-state index in [1.807, 2.05) is 6.07 Å². The van der Waals surface area contributed by atoms with Crippen LogP contribution in [0, 0.1) is 0 Å². The number of nitrogens with zero attached hydrogens (tertiary/aromatic N) is 1. The zero-order valence-corrected chi connectivity index (χ0v) is 12.2. The number of pyridine rings is 1. The summed E-state index contributed by atoms with van der Waals surface area (Å²) >= 11 is 6.31. The Hall–Kier alpha value is -0.880. The average Bonchev–Trinajstić information content (AvgIpc) is 2.49. The van der Waals surface area contributed by atoms with Crippen LogP contribution in [-0.4, -0.2) is 43.8 Å². The van der Waals surface area contributed by atoms with Crippen molar-refractivity contribution >= 4 is 17.3 Å². The fourth-order valence-corrected chi connectivity index (χ4v) is 3.10. The third kappa shape index (κ3) is 3.23. The van der Waals surface area contributed by atoms with Crippen LogP contribution in [-0.2, 0) is 4.74 Å². The summed E-state index contributed by atoms with van der Waals surface area (Å²) in [5.41, 5.74) is 2.05. The summed E-state index contributed by atoms with van der Waals surface area (Å²) < 4.78 is 5.84. The van der Waals surface area contributed by atoms with Gasteiger partial charge in [-0.25, -0.2) is 4.98 Å². The lowest BCUT2D eigenvalue weighted by Gasteiger charge is -2.29. The first-order valence-electron chi connectivity index (χ1n) is 7.28. The number of halogens is 1. The number of nitrogens with one attached hydrogen (secondary N) is 3. The van der Waals surface area contributed by atoms with Gasteiger partial charge in [0.2, 0.25) is 0 Å². The maximum Gasteiger partial charge on any atom is 0.136 e. The predicted molar refractivity (Wildman–Crippen MR) is 80.3 cm³/mol. The van der Waals surface area contributed by atoms with Crippen molar-refractivity contribution in [3.8, 4) is 0 Å². The van der Waals surface area contributed by atoms with Gasteiger partial charge in [-0.2, -0.15) is 0 Å². The number of ether oxygens (including phenoxy) is 1. The Morgan fingerprint density at radius 1 is 1.25 bits per heavy atom. The second kappa shape index (κ2) is 6.72. The third-order valence-corrected chi connectivity index (χ3v) is 4.19. The second-order valence-corrected chi connectivity index (χ2v) is 5.65. The standard InChI is InChI=1S/C14H21ClN4O/c15-14-13(12-9-17-7-8-20-12)11(3-6-18-14)19-10-1-4-16-5-2-10/h3,6,10,12,16-17H,1-2,4-5,7-9H2,(H,18,19). The van der Waals surface area contributed by atoms with Crippen molar-refractivity contribution in [2.75, 3.05) is 38.1 Å². The van der Waals surface area contributed by atoms with Gasteiger partial charge in [-0.3, -0.25) is 0 Å². The van der Waals surface area contributed by atoms with Crippen molar-refractivity contribution in [1.29, 1.82) is 0 Å². The van der Waals surface area contributed by atoms with Crippen LogP contribution >= 0.6 is 11.6 Å². The molecule has 0 aliphatic carbocycles. The van der Waals surface area contributed by atoms with E-state index in [1.54, 1.807) is 6.20 Å². The Kier molecular flexibility index (Phi) is 4.73. The summed E-state index contributed by atoms with van der Waals surface area (Å²) in [6, 6.07) is 2.49. The summed E-state index contributed by atoms with van der Waals surface area (Å²) in [5, 5.41) is 10.9. The van der Waals surface area contributed by atoms with E-state index in [0.717, 1.165) is 50.3 Å². The predicted octanol–water partition coefficient (Wildman–Crippen LogP) is 1.56. The zero-order valence-electron chi connectivity index (χ0n) is 11.5. The largest absolute Gasteiger partial charge is 0.382 e. The Bertz CT molecular complexity index is 445. The van der Waals surface area contributed by atoms with Crippen LogP contribution in [0.15, 0.2) is 12.3 Å². The van der Waals surface area contributed by atoms with Gasteiger partial charge in [0.1, 0.15) is 5.15 Å². The number of anilines is 1. The van der Waals surface area contributed by atoms with Gasteiger partial charge in [-0.1, -0.05) is 11.6 Å². The lowest BCUT2D eigenvalue weighted by atomic mass is 10.0. The van der Waals surface area contributed by atoms with Crippen molar-refractivity contribution in [2.45, 2.75) is 25.0 Å². The minimum Gasteiger partial charge on any atom is -0.382 e. The Morgan fingerprint density at radius 2 is 2.10 bits per heavy atom. The summed E-state index contributed by atoms with van der Waals surface area (Å²) in [7, 11) is 0. The molecule has 0 spiro atoms. The Balaban J connectivity index is 1.79. The van der Waals surface area contributed by atoms with E-state index in [-0.39, 0.29) is 6.10 Å². The van der Waals surface area contributed by atoms with E-state index in [0.29, 0.717) is 17.8 Å². The molecule has 0 saturated carbocycles. The van der Waals surface area contributed by atoms with E-state index < -0.39 is 0 Å². The van der Waals surface area contributed by atoms with Crippen LogP contribution in [0.1, 0.15) is 24.5 Å². The first-order chi connectivity index (χ1) is 9.84. The van der Waals surface area contributed by atoms with Crippen LogP contribution in [0.2, 0.25) is 5.15 Å². The van der Waals surface area contributed by atoms with Crippen LogP contribution in [0.3, 0.4) is 0 Å². The van der Waals surface area contributed by atoms with Crippen molar-refractivity contribution in [3.05, 3.63) is 23.0 Å². The molecular weight excluding hydrogens is 276 g/mol. The van der Waals surface area contributed by atoms with Crippen LogP contribution in [0.4, 0.5) is 5.69 Å². The fourth-order valence-electron chi connectivity index (χ4n) is 2.82. The molecule has 0 amide bonds. The molecule has 20 heavy (non-hydrogen) atoms. The number of hydrogen-bond acceptors (Lipinski definition) is 5. The molecule has 1 atom stereocenters. The second-order valence-electron chi connectivity index (χ2n) is 5.30. The minimum atomic E-state index is -0.0193. The molecule has 1 aromatic rings. The molecule has 3 N–H and O–H groups in total. The third-order valence-electron chi connectivity index (χ3n) is 3.89. The topological polar surface area (TPSA) is 58.2 Å². The van der Waals surface area contributed by atoms with Crippen LogP contribution in [0.5, 0.6) is 0 Å². The highest BCUT2D eigenvalue weighted by Gasteiger charge is 2.24. The van der Waals surface area contributed by atoms with Gasteiger partial charge in [0.15, 0.2) is 0 Å². The summed E-state index contributed by atoms with van der Waals surface area (Å²) in [6.45, 7) is 4.51. The zero-order chi connectivity index (χ0) is 13.8. The molecule has 2 aliphatic heterocycles. The molecule has 0 radical (unpaired) electrons. The Labute approximate surface area is 124 Å². The molecule has 3 heterocycles. The van der Waals surface area contributed by atoms with E-state index in [9.17, 15) is 0 Å². The Morgan fingerprint density at radius 3 is 2.85 bits per heavy atom. The maximum atomic E-state index is 6.31. The average molecular weight is 297 g/mol. The number of aromatic nitrogens is 1. The van der Waals surface area contributed by atoms with Gasteiger partial charge < -0.3 is 20.7 Å². The molecule has 0 aromatic carbocycles. The van der Waals surface area contributed by atoms with Gasteiger partial charge in [-0.05, 0) is 32.0 Å². The van der Waals surface area contributed by atoms with E-state index >= 15 is 0 Å². The normalized spacial score (nSPS) is 24.6. The van der Waals surface area contributed by atoms with Crippen LogP contribution < -0.4 is 16.0 Å². The maximum absolute atomic E-state index is 6.31. The summed E-state index contributed by atoms with van der Waals surface area (Å²) in [5.74, 6) is 0. The molecule has 2 aliphatic rings. The monoisotopic (exact) mass is 296 g/mol. The van der Waals surface area contributed by atoms with Gasteiger partial charge in [0.25, 0.3) is 0 Å². The van der Waals surface area contributed by atoms with E-state index in [2.05, 4.69) is 20.9 Å². The number of piperidine rings is 1. The highest BCUT2D eigenvalue weighted by Crippen LogP contribution is 2.32. The molecule has 110 valence electrons. The molecule has 1 aromatic heterocycles. The smallest absolute Gasteiger partial charge is 0.136 e. The molecular formula is C14H21ClN4O. The highest BCUT2D eigenvalue weighted by atomic mass is 35.5. The first kappa shape index (κ1) is 14.1. The van der Waals surface area contributed by atoms with Crippen molar-refractivity contribution in [1.82, 2.24) is 15.6 Å². The highest BCUT2D eigenvalue weighted by molar-refractivity contribution is 6.30. The summed E-state index contributed by atoms with van der Waals surface area (Å²) in [6.07, 6.45) is 3.99. The van der Waals surface area contributed by atoms with Crippen molar-refractivity contribution < 1.29 is 4.74 Å². The SMILES string of the molecule is Clc1nccc(NC2CCNCC2)c1C1CNCCO1. The van der Waals surface area contributed by atoms with Crippen LogP contribution in [0.25, 0.3) is 0 Å².